The second kappa shape index (κ2) is 6.80. The molecular formula is C14H10BrF4NO. The molecule has 0 aliphatic heterocycles. The van der Waals surface area contributed by atoms with Gasteiger partial charge in [-0.1, -0.05) is 18.2 Å². The van der Waals surface area contributed by atoms with Crippen molar-refractivity contribution < 1.29 is 22.3 Å². The summed E-state index contributed by atoms with van der Waals surface area (Å²) in [6.07, 6.45) is 0. The molecule has 0 aliphatic carbocycles. The van der Waals surface area contributed by atoms with Gasteiger partial charge >= 0.3 is 6.61 Å². The molecule has 0 bridgehead atoms. The third-order valence-corrected chi connectivity index (χ3v) is 3.28. The quantitative estimate of drug-likeness (QED) is 0.599. The Bertz CT molecular complexity index is 636. The third kappa shape index (κ3) is 4.10. The number of benzene rings is 2. The van der Waals surface area contributed by atoms with Crippen molar-refractivity contribution in [3.8, 4) is 5.75 Å². The molecule has 0 amide bonds. The van der Waals surface area contributed by atoms with E-state index in [-0.39, 0.29) is 22.5 Å². The number of halogens is 5. The van der Waals surface area contributed by atoms with E-state index in [1.54, 1.807) is 18.2 Å². The maximum Gasteiger partial charge on any atom is 0.387 e. The summed E-state index contributed by atoms with van der Waals surface area (Å²) < 4.78 is 55.9. The van der Waals surface area contributed by atoms with Crippen LogP contribution < -0.4 is 10.1 Å². The fraction of sp³-hybridized carbons (Fsp3) is 0.143. The van der Waals surface area contributed by atoms with Crippen LogP contribution >= 0.6 is 15.9 Å². The van der Waals surface area contributed by atoms with Gasteiger partial charge in [0, 0.05) is 18.2 Å². The minimum Gasteiger partial charge on any atom is -0.434 e. The smallest absolute Gasteiger partial charge is 0.387 e. The first-order chi connectivity index (χ1) is 9.97. The van der Waals surface area contributed by atoms with Crippen LogP contribution in [0.2, 0.25) is 0 Å². The average Bonchev–Trinajstić information content (AvgIpc) is 2.42. The number of hydrogen-bond donors (Lipinski definition) is 1. The first-order valence-corrected chi connectivity index (χ1v) is 6.68. The predicted molar refractivity (Wildman–Crippen MR) is 74.5 cm³/mol. The predicted octanol–water partition coefficient (Wildman–Crippen LogP) is 4.94. The molecule has 0 fully saturated rings. The lowest BCUT2D eigenvalue weighted by Crippen LogP contribution is -2.08. The van der Waals surface area contributed by atoms with Gasteiger partial charge < -0.3 is 10.1 Å². The Morgan fingerprint density at radius 1 is 1.10 bits per heavy atom. The van der Waals surface area contributed by atoms with E-state index < -0.39 is 18.2 Å². The summed E-state index contributed by atoms with van der Waals surface area (Å²) in [4.78, 5) is 0. The van der Waals surface area contributed by atoms with Gasteiger partial charge in [-0.05, 0) is 28.1 Å². The molecule has 0 aliphatic rings. The molecule has 0 heterocycles. The van der Waals surface area contributed by atoms with Gasteiger partial charge in [0.25, 0.3) is 0 Å². The molecule has 0 saturated heterocycles. The van der Waals surface area contributed by atoms with Crippen LogP contribution in [0.4, 0.5) is 23.2 Å². The fourth-order valence-electron chi connectivity index (χ4n) is 1.71. The largest absolute Gasteiger partial charge is 0.434 e. The van der Waals surface area contributed by atoms with Crippen molar-refractivity contribution in [3.05, 3.63) is 58.1 Å². The number of ether oxygens (including phenoxy) is 1. The number of hydrogen-bond acceptors (Lipinski definition) is 2. The fourth-order valence-corrected chi connectivity index (χ4v) is 2.02. The van der Waals surface area contributed by atoms with Crippen molar-refractivity contribution in [2.75, 3.05) is 5.32 Å². The molecule has 2 aromatic rings. The van der Waals surface area contributed by atoms with Crippen LogP contribution in [0.1, 0.15) is 5.56 Å². The highest BCUT2D eigenvalue weighted by Crippen LogP contribution is 2.25. The van der Waals surface area contributed by atoms with E-state index in [9.17, 15) is 17.6 Å². The van der Waals surface area contributed by atoms with Gasteiger partial charge in [0.2, 0.25) is 0 Å². The van der Waals surface area contributed by atoms with Gasteiger partial charge in [-0.15, -0.1) is 0 Å². The maximum absolute atomic E-state index is 13.6. The van der Waals surface area contributed by atoms with Crippen LogP contribution in [0.3, 0.4) is 0 Å². The molecule has 1 N–H and O–H groups in total. The lowest BCUT2D eigenvalue weighted by molar-refractivity contribution is -0.0504. The second-order valence-electron chi connectivity index (χ2n) is 4.09. The van der Waals surface area contributed by atoms with Gasteiger partial charge in [0.1, 0.15) is 17.4 Å². The molecule has 2 aromatic carbocycles. The summed E-state index contributed by atoms with van der Waals surface area (Å²) in [6, 6.07) is 8.07. The Balaban J connectivity index is 2.15. The summed E-state index contributed by atoms with van der Waals surface area (Å²) in [5.41, 5.74) is 0.336. The number of nitrogens with one attached hydrogen (secondary N) is 1. The van der Waals surface area contributed by atoms with E-state index in [0.29, 0.717) is 5.56 Å². The van der Waals surface area contributed by atoms with E-state index >= 15 is 0 Å². The van der Waals surface area contributed by atoms with Crippen LogP contribution in [0, 0.1) is 11.6 Å². The summed E-state index contributed by atoms with van der Waals surface area (Å²) in [5.74, 6) is -1.30. The van der Waals surface area contributed by atoms with Gasteiger partial charge in [0.05, 0.1) is 10.2 Å². The Kier molecular flexibility index (Phi) is 5.06. The second-order valence-corrected chi connectivity index (χ2v) is 4.94. The Morgan fingerprint density at radius 2 is 1.81 bits per heavy atom. The van der Waals surface area contributed by atoms with E-state index in [1.807, 2.05) is 0 Å². The summed E-state index contributed by atoms with van der Waals surface area (Å²) in [7, 11) is 0. The van der Waals surface area contributed by atoms with Crippen molar-refractivity contribution in [3.63, 3.8) is 0 Å². The molecule has 0 unspecified atom stereocenters. The SMILES string of the molecule is Fc1cc(NCc2ccccc2OC(F)F)c(F)cc1Br. The molecule has 0 saturated carbocycles. The van der Waals surface area contributed by atoms with Gasteiger partial charge in [0.15, 0.2) is 0 Å². The standard InChI is InChI=1S/C14H10BrF4NO/c15-9-5-11(17)12(6-10(9)16)20-7-8-3-1-2-4-13(8)21-14(18)19/h1-6,14,20H,7H2. The molecule has 2 rings (SSSR count). The van der Waals surface area contributed by atoms with Crippen LogP contribution in [0.5, 0.6) is 5.75 Å². The number of rotatable bonds is 5. The molecule has 2 nitrogen and oxygen atoms in total. The van der Waals surface area contributed by atoms with Crippen LogP contribution in [0.15, 0.2) is 40.9 Å². The molecular weight excluding hydrogens is 354 g/mol. The molecule has 0 radical (unpaired) electrons. The monoisotopic (exact) mass is 363 g/mol. The highest BCUT2D eigenvalue weighted by Gasteiger charge is 2.11. The van der Waals surface area contributed by atoms with Gasteiger partial charge in [-0.3, -0.25) is 0 Å². The summed E-state index contributed by atoms with van der Waals surface area (Å²) in [5, 5.41) is 2.65. The zero-order valence-corrected chi connectivity index (χ0v) is 12.1. The highest BCUT2D eigenvalue weighted by molar-refractivity contribution is 9.10. The lowest BCUT2D eigenvalue weighted by atomic mass is 10.2. The maximum atomic E-state index is 13.6. The van der Waals surface area contributed by atoms with Crippen molar-refractivity contribution in [1.29, 1.82) is 0 Å². The third-order valence-electron chi connectivity index (χ3n) is 2.67. The van der Waals surface area contributed by atoms with Crippen LogP contribution in [0.25, 0.3) is 0 Å². The summed E-state index contributed by atoms with van der Waals surface area (Å²) in [6.45, 7) is -2.94. The molecule has 0 aromatic heterocycles. The lowest BCUT2D eigenvalue weighted by Gasteiger charge is -2.12. The molecule has 7 heteroatoms. The number of para-hydroxylation sites is 1. The van der Waals surface area contributed by atoms with E-state index in [4.69, 9.17) is 0 Å². The minimum atomic E-state index is -2.95. The Morgan fingerprint density at radius 3 is 2.52 bits per heavy atom. The van der Waals surface area contributed by atoms with Crippen molar-refractivity contribution >= 4 is 21.6 Å². The Labute approximate surface area is 126 Å². The molecule has 21 heavy (non-hydrogen) atoms. The van der Waals surface area contributed by atoms with Gasteiger partial charge in [-0.25, -0.2) is 8.78 Å². The summed E-state index contributed by atoms with van der Waals surface area (Å²) >= 11 is 2.87. The first-order valence-electron chi connectivity index (χ1n) is 5.88. The molecule has 112 valence electrons. The van der Waals surface area contributed by atoms with E-state index in [0.717, 1.165) is 12.1 Å². The minimum absolute atomic E-state index is 0.00647. The topological polar surface area (TPSA) is 21.3 Å². The van der Waals surface area contributed by atoms with Gasteiger partial charge in [-0.2, -0.15) is 8.78 Å². The first kappa shape index (κ1) is 15.6. The van der Waals surface area contributed by atoms with E-state index in [2.05, 4.69) is 26.0 Å². The highest BCUT2D eigenvalue weighted by atomic mass is 79.9. The van der Waals surface area contributed by atoms with Crippen LogP contribution in [-0.4, -0.2) is 6.61 Å². The average molecular weight is 364 g/mol. The molecule has 0 spiro atoms. The van der Waals surface area contributed by atoms with Crippen LogP contribution in [-0.2, 0) is 6.54 Å². The number of anilines is 1. The zero-order valence-electron chi connectivity index (χ0n) is 10.5. The van der Waals surface area contributed by atoms with Crippen molar-refractivity contribution in [1.82, 2.24) is 0 Å². The Hall–Kier alpha value is -1.76. The van der Waals surface area contributed by atoms with E-state index in [1.165, 1.54) is 6.07 Å². The number of alkyl halides is 2. The normalized spacial score (nSPS) is 10.8. The van der Waals surface area contributed by atoms with Crippen molar-refractivity contribution in [2.24, 2.45) is 0 Å². The zero-order chi connectivity index (χ0) is 15.4. The molecule has 0 atom stereocenters. The van der Waals surface area contributed by atoms with Crippen molar-refractivity contribution in [2.45, 2.75) is 13.2 Å².